The van der Waals surface area contributed by atoms with Gasteiger partial charge in [-0.25, -0.2) is 0 Å². The fraction of sp³-hybridized carbons (Fsp3) is 0.462. The van der Waals surface area contributed by atoms with Crippen LogP contribution in [0.4, 0.5) is 11.4 Å². The van der Waals surface area contributed by atoms with Gasteiger partial charge in [0.25, 0.3) is 5.91 Å². The summed E-state index contributed by atoms with van der Waals surface area (Å²) in [6, 6.07) is 5.48. The molecule has 4 nitrogen and oxygen atoms in total. The summed E-state index contributed by atoms with van der Waals surface area (Å²) in [6.45, 7) is 4.24. The highest BCUT2D eigenvalue weighted by Gasteiger charge is 2.10. The molecule has 100 valence electrons. The van der Waals surface area contributed by atoms with Crippen LogP contribution in [-0.4, -0.2) is 23.5 Å². The Morgan fingerprint density at radius 3 is 2.83 bits per heavy atom. The van der Waals surface area contributed by atoms with Crippen molar-refractivity contribution in [3.8, 4) is 0 Å². The lowest BCUT2D eigenvalue weighted by Crippen LogP contribution is -2.20. The second-order valence-corrected chi connectivity index (χ2v) is 5.59. The molecule has 1 atom stereocenters. The molecule has 0 saturated heterocycles. The lowest BCUT2D eigenvalue weighted by molar-refractivity contribution is 0.100. The maximum absolute atomic E-state index is 11.3. The van der Waals surface area contributed by atoms with E-state index in [1.54, 1.807) is 18.2 Å². The van der Waals surface area contributed by atoms with Crippen LogP contribution in [0, 0.1) is 0 Å². The van der Waals surface area contributed by atoms with Crippen molar-refractivity contribution in [3.63, 3.8) is 0 Å². The topological polar surface area (TPSA) is 81.1 Å². The van der Waals surface area contributed by atoms with Crippen molar-refractivity contribution < 1.29 is 4.79 Å². The Morgan fingerprint density at radius 1 is 1.50 bits per heavy atom. The van der Waals surface area contributed by atoms with Crippen LogP contribution < -0.4 is 16.8 Å². The number of rotatable bonds is 7. The number of carbonyl (C=O) groups is 1. The summed E-state index contributed by atoms with van der Waals surface area (Å²) in [5.74, 6) is 1.77. The molecular formula is C13H21N3OS. The van der Waals surface area contributed by atoms with Crippen molar-refractivity contribution in [3.05, 3.63) is 23.8 Å². The number of primary amides is 1. The van der Waals surface area contributed by atoms with E-state index in [0.29, 0.717) is 17.3 Å². The van der Waals surface area contributed by atoms with Gasteiger partial charge in [-0.1, -0.05) is 6.92 Å². The Kier molecular flexibility index (Phi) is 5.85. The second-order valence-electron chi connectivity index (χ2n) is 4.20. The zero-order valence-corrected chi connectivity index (χ0v) is 11.7. The first-order valence-electron chi connectivity index (χ1n) is 6.08. The molecule has 18 heavy (non-hydrogen) atoms. The first-order chi connectivity index (χ1) is 8.54. The highest BCUT2D eigenvalue weighted by molar-refractivity contribution is 7.99. The summed E-state index contributed by atoms with van der Waals surface area (Å²) in [5.41, 5.74) is 12.7. The van der Waals surface area contributed by atoms with E-state index in [4.69, 9.17) is 11.5 Å². The summed E-state index contributed by atoms with van der Waals surface area (Å²) in [6.07, 6.45) is 1.04. The number of nitrogens with two attached hydrogens (primary N) is 2. The van der Waals surface area contributed by atoms with Crippen molar-refractivity contribution in [1.29, 1.82) is 0 Å². The third-order valence-corrected chi connectivity index (χ3v) is 3.54. The van der Waals surface area contributed by atoms with Crippen LogP contribution in [0.25, 0.3) is 0 Å². The molecule has 1 rings (SSSR count). The van der Waals surface area contributed by atoms with Gasteiger partial charge < -0.3 is 16.8 Å². The number of nitrogen functional groups attached to an aromatic ring is 1. The van der Waals surface area contributed by atoms with Gasteiger partial charge in [0, 0.05) is 17.4 Å². The number of hydrogen-bond donors (Lipinski definition) is 3. The lowest BCUT2D eigenvalue weighted by Gasteiger charge is -2.17. The molecule has 5 heteroatoms. The number of benzene rings is 1. The zero-order chi connectivity index (χ0) is 13.5. The van der Waals surface area contributed by atoms with E-state index >= 15 is 0 Å². The largest absolute Gasteiger partial charge is 0.399 e. The quantitative estimate of drug-likeness (QED) is 0.523. The number of hydrogen-bond acceptors (Lipinski definition) is 4. The molecule has 0 aromatic heterocycles. The van der Waals surface area contributed by atoms with Gasteiger partial charge in [0.05, 0.1) is 5.56 Å². The van der Waals surface area contributed by atoms with E-state index in [1.807, 2.05) is 11.8 Å². The van der Waals surface area contributed by atoms with E-state index in [2.05, 4.69) is 19.2 Å². The maximum atomic E-state index is 11.3. The number of amides is 1. The number of anilines is 2. The summed E-state index contributed by atoms with van der Waals surface area (Å²) in [4.78, 5) is 11.3. The van der Waals surface area contributed by atoms with Gasteiger partial charge in [0.2, 0.25) is 0 Å². The van der Waals surface area contributed by atoms with Gasteiger partial charge in [0.15, 0.2) is 0 Å². The molecule has 0 fully saturated rings. The molecule has 1 aromatic rings. The predicted octanol–water partition coefficient (Wildman–Crippen LogP) is 2.31. The molecule has 1 aromatic carbocycles. The molecule has 0 radical (unpaired) electrons. The van der Waals surface area contributed by atoms with Crippen LogP contribution in [0.5, 0.6) is 0 Å². The Bertz CT molecular complexity index is 409. The minimum Gasteiger partial charge on any atom is -0.399 e. The van der Waals surface area contributed by atoms with Crippen molar-refractivity contribution in [2.75, 3.05) is 22.6 Å². The van der Waals surface area contributed by atoms with Crippen LogP contribution >= 0.6 is 11.8 Å². The third kappa shape index (κ3) is 4.49. The Hall–Kier alpha value is -1.36. The number of thioether (sulfide) groups is 1. The Labute approximate surface area is 113 Å². The van der Waals surface area contributed by atoms with Crippen molar-refractivity contribution >= 4 is 29.0 Å². The molecule has 5 N–H and O–H groups in total. The van der Waals surface area contributed by atoms with Crippen molar-refractivity contribution in [1.82, 2.24) is 0 Å². The predicted molar refractivity (Wildman–Crippen MR) is 80.1 cm³/mol. The second kappa shape index (κ2) is 7.16. The monoisotopic (exact) mass is 267 g/mol. The van der Waals surface area contributed by atoms with E-state index in [1.165, 1.54) is 0 Å². The SMILES string of the molecule is CCSCCC(C)Nc1ccc(N)cc1C(N)=O. The van der Waals surface area contributed by atoms with Gasteiger partial charge in [-0.3, -0.25) is 4.79 Å². The average Bonchev–Trinajstić information content (AvgIpc) is 2.31. The maximum Gasteiger partial charge on any atom is 0.250 e. The van der Waals surface area contributed by atoms with E-state index in [9.17, 15) is 4.79 Å². The minimum atomic E-state index is -0.458. The van der Waals surface area contributed by atoms with Gasteiger partial charge in [0.1, 0.15) is 0 Å². The third-order valence-electron chi connectivity index (χ3n) is 2.61. The minimum absolute atomic E-state index is 0.297. The Balaban J connectivity index is 2.68. The van der Waals surface area contributed by atoms with Crippen molar-refractivity contribution in [2.24, 2.45) is 5.73 Å². The highest BCUT2D eigenvalue weighted by atomic mass is 32.2. The fourth-order valence-electron chi connectivity index (χ4n) is 1.63. The van der Waals surface area contributed by atoms with Gasteiger partial charge in [-0.2, -0.15) is 11.8 Å². The number of carbonyl (C=O) groups excluding carboxylic acids is 1. The summed E-state index contributed by atoms with van der Waals surface area (Å²) in [5, 5.41) is 3.31. The fourth-order valence-corrected chi connectivity index (χ4v) is 2.44. The lowest BCUT2D eigenvalue weighted by atomic mass is 10.1. The molecule has 0 heterocycles. The first kappa shape index (κ1) is 14.7. The highest BCUT2D eigenvalue weighted by Crippen LogP contribution is 2.20. The molecular weight excluding hydrogens is 246 g/mol. The molecule has 0 aliphatic heterocycles. The van der Waals surface area contributed by atoms with Crippen LogP contribution in [0.2, 0.25) is 0 Å². The van der Waals surface area contributed by atoms with E-state index < -0.39 is 5.91 Å². The van der Waals surface area contributed by atoms with Gasteiger partial charge in [-0.15, -0.1) is 0 Å². The van der Waals surface area contributed by atoms with Crippen LogP contribution in [-0.2, 0) is 0 Å². The zero-order valence-electron chi connectivity index (χ0n) is 10.9. The van der Waals surface area contributed by atoms with Crippen LogP contribution in [0.15, 0.2) is 18.2 Å². The molecule has 0 aliphatic rings. The molecule has 0 saturated carbocycles. The Morgan fingerprint density at radius 2 is 2.22 bits per heavy atom. The molecule has 1 unspecified atom stereocenters. The van der Waals surface area contributed by atoms with Gasteiger partial charge >= 0.3 is 0 Å². The standard InChI is InChI=1S/C13H21N3OS/c1-3-18-7-6-9(2)16-12-5-4-10(14)8-11(12)13(15)17/h4-5,8-9,16H,3,6-7,14H2,1-2H3,(H2,15,17). The van der Waals surface area contributed by atoms with Crippen molar-refractivity contribution in [2.45, 2.75) is 26.3 Å². The smallest absolute Gasteiger partial charge is 0.250 e. The van der Waals surface area contributed by atoms with Crippen LogP contribution in [0.3, 0.4) is 0 Å². The van der Waals surface area contributed by atoms with Crippen LogP contribution in [0.1, 0.15) is 30.6 Å². The molecule has 0 bridgehead atoms. The average molecular weight is 267 g/mol. The molecule has 0 spiro atoms. The van der Waals surface area contributed by atoms with Gasteiger partial charge in [-0.05, 0) is 43.0 Å². The normalized spacial score (nSPS) is 12.1. The molecule has 1 amide bonds. The van der Waals surface area contributed by atoms with E-state index in [0.717, 1.165) is 23.6 Å². The number of nitrogens with one attached hydrogen (secondary N) is 1. The summed E-state index contributed by atoms with van der Waals surface area (Å²) >= 11 is 1.91. The van der Waals surface area contributed by atoms with E-state index in [-0.39, 0.29) is 0 Å². The molecule has 0 aliphatic carbocycles. The summed E-state index contributed by atoms with van der Waals surface area (Å²) < 4.78 is 0. The first-order valence-corrected chi connectivity index (χ1v) is 7.23. The summed E-state index contributed by atoms with van der Waals surface area (Å²) in [7, 11) is 0.